The van der Waals surface area contributed by atoms with Gasteiger partial charge in [0.2, 0.25) is 5.91 Å². The third-order valence-electron chi connectivity index (χ3n) is 3.80. The second-order valence-corrected chi connectivity index (χ2v) is 5.46. The minimum Gasteiger partial charge on any atom is -0.493 e. The van der Waals surface area contributed by atoms with E-state index >= 15 is 0 Å². The first-order valence-electron chi connectivity index (χ1n) is 7.52. The monoisotopic (exact) mass is 317 g/mol. The van der Waals surface area contributed by atoms with Gasteiger partial charge >= 0.3 is 0 Å². The van der Waals surface area contributed by atoms with E-state index in [4.69, 9.17) is 9.47 Å². The van der Waals surface area contributed by atoms with Crippen molar-refractivity contribution in [2.24, 2.45) is 5.92 Å². The predicted octanol–water partition coefficient (Wildman–Crippen LogP) is 0.439. The summed E-state index contributed by atoms with van der Waals surface area (Å²) in [6.07, 6.45) is 2.70. The summed E-state index contributed by atoms with van der Waals surface area (Å²) in [5, 5.41) is 13.7. The molecule has 1 N–H and O–H groups in total. The summed E-state index contributed by atoms with van der Waals surface area (Å²) in [5.41, 5.74) is 1.11. The quantitative estimate of drug-likeness (QED) is 0.831. The first kappa shape index (κ1) is 15.3. The van der Waals surface area contributed by atoms with Gasteiger partial charge in [-0.25, -0.2) is 4.68 Å². The van der Waals surface area contributed by atoms with Crippen LogP contribution in [0, 0.1) is 5.92 Å². The van der Waals surface area contributed by atoms with E-state index in [2.05, 4.69) is 20.8 Å². The largest absolute Gasteiger partial charge is 0.493 e. The standard InChI is InChI=1S/C15H19N5O3/c1-22-13-4-2-3-12-7-11(9-23-15(12)13)8-16-14(21)5-6-20-10-17-18-19-20/h2-4,10-11H,5-9H2,1H3,(H,16,21)/t11-/m1/s1. The normalized spacial score (nSPS) is 16.3. The van der Waals surface area contributed by atoms with E-state index in [0.717, 1.165) is 23.5 Å². The van der Waals surface area contributed by atoms with E-state index in [-0.39, 0.29) is 11.8 Å². The van der Waals surface area contributed by atoms with Crippen LogP contribution < -0.4 is 14.8 Å². The number of aromatic nitrogens is 4. The number of hydrogen-bond donors (Lipinski definition) is 1. The third kappa shape index (κ3) is 3.77. The molecule has 2 heterocycles. The highest BCUT2D eigenvalue weighted by molar-refractivity contribution is 5.75. The number of aryl methyl sites for hydroxylation is 1. The van der Waals surface area contributed by atoms with Crippen LogP contribution in [0.2, 0.25) is 0 Å². The molecule has 0 radical (unpaired) electrons. The number of rotatable bonds is 6. The lowest BCUT2D eigenvalue weighted by Crippen LogP contribution is -2.35. The Morgan fingerprint density at radius 3 is 3.22 bits per heavy atom. The van der Waals surface area contributed by atoms with Gasteiger partial charge in [0.15, 0.2) is 11.5 Å². The molecule has 23 heavy (non-hydrogen) atoms. The van der Waals surface area contributed by atoms with Gasteiger partial charge in [0.1, 0.15) is 6.33 Å². The molecule has 0 saturated carbocycles. The van der Waals surface area contributed by atoms with Gasteiger partial charge in [-0.3, -0.25) is 4.79 Å². The second kappa shape index (κ2) is 7.08. The summed E-state index contributed by atoms with van der Waals surface area (Å²) < 4.78 is 12.6. The lowest BCUT2D eigenvalue weighted by molar-refractivity contribution is -0.121. The SMILES string of the molecule is COc1cccc2c1OC[C@@H](CNC(=O)CCn1cnnn1)C2. The molecule has 1 aliphatic rings. The third-order valence-corrected chi connectivity index (χ3v) is 3.80. The Hall–Kier alpha value is -2.64. The number of fused-ring (bicyclic) bond motifs is 1. The number of nitrogens with zero attached hydrogens (tertiary/aromatic N) is 4. The smallest absolute Gasteiger partial charge is 0.221 e. The van der Waals surface area contributed by atoms with Gasteiger partial charge in [0, 0.05) is 18.9 Å². The van der Waals surface area contributed by atoms with E-state index < -0.39 is 0 Å². The molecule has 122 valence electrons. The second-order valence-electron chi connectivity index (χ2n) is 5.46. The van der Waals surface area contributed by atoms with Crippen LogP contribution in [0.5, 0.6) is 11.5 Å². The summed E-state index contributed by atoms with van der Waals surface area (Å²) in [6.45, 7) is 1.63. The van der Waals surface area contributed by atoms with Crippen LogP contribution in [-0.2, 0) is 17.8 Å². The first-order chi connectivity index (χ1) is 11.3. The maximum Gasteiger partial charge on any atom is 0.221 e. The van der Waals surface area contributed by atoms with E-state index in [0.29, 0.717) is 26.1 Å². The molecule has 0 bridgehead atoms. The molecule has 8 nitrogen and oxygen atoms in total. The topological polar surface area (TPSA) is 91.2 Å². The number of para-hydroxylation sites is 1. The van der Waals surface area contributed by atoms with Crippen molar-refractivity contribution in [3.05, 3.63) is 30.1 Å². The highest BCUT2D eigenvalue weighted by atomic mass is 16.5. The highest BCUT2D eigenvalue weighted by Gasteiger charge is 2.22. The predicted molar refractivity (Wildman–Crippen MR) is 81.1 cm³/mol. The molecule has 3 rings (SSSR count). The van der Waals surface area contributed by atoms with Crippen molar-refractivity contribution in [2.75, 3.05) is 20.3 Å². The molecule has 1 aromatic heterocycles. The van der Waals surface area contributed by atoms with E-state index in [9.17, 15) is 4.79 Å². The zero-order valence-corrected chi connectivity index (χ0v) is 12.9. The fourth-order valence-corrected chi connectivity index (χ4v) is 2.59. The maximum absolute atomic E-state index is 11.9. The van der Waals surface area contributed by atoms with Gasteiger partial charge in [-0.15, -0.1) is 5.10 Å². The Kier molecular flexibility index (Phi) is 4.70. The van der Waals surface area contributed by atoms with E-state index in [1.54, 1.807) is 7.11 Å². The van der Waals surface area contributed by atoms with Gasteiger partial charge in [0.05, 0.1) is 20.3 Å². The molecular weight excluding hydrogens is 298 g/mol. The number of benzene rings is 1. The summed E-state index contributed by atoms with van der Waals surface area (Å²) in [6, 6.07) is 5.87. The van der Waals surface area contributed by atoms with Crippen molar-refractivity contribution in [3.63, 3.8) is 0 Å². The molecule has 1 aliphatic heterocycles. The lowest BCUT2D eigenvalue weighted by atomic mass is 9.96. The van der Waals surface area contributed by atoms with Crippen molar-refractivity contribution in [1.29, 1.82) is 0 Å². The fourth-order valence-electron chi connectivity index (χ4n) is 2.59. The zero-order valence-electron chi connectivity index (χ0n) is 12.9. The van der Waals surface area contributed by atoms with Gasteiger partial charge in [0.25, 0.3) is 0 Å². The van der Waals surface area contributed by atoms with Crippen molar-refractivity contribution in [3.8, 4) is 11.5 Å². The molecule has 0 aliphatic carbocycles. The summed E-state index contributed by atoms with van der Waals surface area (Å²) in [4.78, 5) is 11.9. The Labute approximate surface area is 133 Å². The molecule has 8 heteroatoms. The van der Waals surface area contributed by atoms with Gasteiger partial charge in [-0.05, 0) is 28.5 Å². The molecule has 0 saturated heterocycles. The van der Waals surface area contributed by atoms with Gasteiger partial charge in [-0.1, -0.05) is 12.1 Å². The maximum atomic E-state index is 11.9. The average Bonchev–Trinajstić information content (AvgIpc) is 3.10. The summed E-state index contributed by atoms with van der Waals surface area (Å²) >= 11 is 0. The van der Waals surface area contributed by atoms with Crippen molar-refractivity contribution in [2.45, 2.75) is 19.4 Å². The van der Waals surface area contributed by atoms with Crippen LogP contribution in [0.3, 0.4) is 0 Å². The number of amides is 1. The molecule has 1 amide bonds. The number of tetrazole rings is 1. The van der Waals surface area contributed by atoms with Crippen LogP contribution in [0.1, 0.15) is 12.0 Å². The number of methoxy groups -OCH3 is 1. The van der Waals surface area contributed by atoms with Crippen molar-refractivity contribution < 1.29 is 14.3 Å². The van der Waals surface area contributed by atoms with Crippen LogP contribution >= 0.6 is 0 Å². The minimum absolute atomic E-state index is 0.0167. The number of nitrogens with one attached hydrogen (secondary N) is 1. The first-order valence-corrected chi connectivity index (χ1v) is 7.52. The minimum atomic E-state index is -0.0167. The highest BCUT2D eigenvalue weighted by Crippen LogP contribution is 2.35. The van der Waals surface area contributed by atoms with Gasteiger partial charge in [-0.2, -0.15) is 0 Å². The summed E-state index contributed by atoms with van der Waals surface area (Å²) in [5.74, 6) is 1.81. The molecular formula is C15H19N5O3. The van der Waals surface area contributed by atoms with Crippen molar-refractivity contribution >= 4 is 5.91 Å². The average molecular weight is 317 g/mol. The number of ether oxygens (including phenoxy) is 2. The molecule has 1 atom stereocenters. The van der Waals surface area contributed by atoms with Crippen LogP contribution in [0.4, 0.5) is 0 Å². The van der Waals surface area contributed by atoms with Crippen LogP contribution in [-0.4, -0.2) is 46.4 Å². The molecule has 2 aromatic rings. The number of carbonyl (C=O) groups is 1. The van der Waals surface area contributed by atoms with E-state index in [1.807, 2.05) is 18.2 Å². The lowest BCUT2D eigenvalue weighted by Gasteiger charge is -2.26. The summed E-state index contributed by atoms with van der Waals surface area (Å²) in [7, 11) is 1.63. The van der Waals surface area contributed by atoms with Crippen LogP contribution in [0.15, 0.2) is 24.5 Å². The fraction of sp³-hybridized carbons (Fsp3) is 0.467. The Morgan fingerprint density at radius 1 is 1.52 bits per heavy atom. The van der Waals surface area contributed by atoms with E-state index in [1.165, 1.54) is 11.0 Å². The zero-order chi connectivity index (χ0) is 16.1. The van der Waals surface area contributed by atoms with Crippen LogP contribution in [0.25, 0.3) is 0 Å². The molecule has 0 spiro atoms. The Bertz CT molecular complexity index is 659. The molecule has 0 fully saturated rings. The van der Waals surface area contributed by atoms with Crippen molar-refractivity contribution in [1.82, 2.24) is 25.5 Å². The Morgan fingerprint density at radius 2 is 2.43 bits per heavy atom. The van der Waals surface area contributed by atoms with Gasteiger partial charge < -0.3 is 14.8 Å². The number of hydrogen-bond acceptors (Lipinski definition) is 6. The Balaban J connectivity index is 1.47. The molecule has 1 aromatic carbocycles. The number of carbonyl (C=O) groups excluding carboxylic acids is 1. The molecule has 0 unspecified atom stereocenters.